The maximum Gasteiger partial charge on any atom is 0.0570 e. The van der Waals surface area contributed by atoms with E-state index in [-0.39, 0.29) is 6.10 Å². The van der Waals surface area contributed by atoms with Gasteiger partial charge in [-0.05, 0) is 24.7 Å². The summed E-state index contributed by atoms with van der Waals surface area (Å²) in [7, 11) is 0. The molecule has 0 aromatic rings. The smallest absolute Gasteiger partial charge is 0.0570 e. The Morgan fingerprint density at radius 1 is 1.06 bits per heavy atom. The Labute approximate surface area is 102 Å². The normalized spacial score (nSPS) is 27.2. The molecule has 0 aliphatic heterocycles. The molecule has 0 saturated heterocycles. The molecule has 0 radical (unpaired) electrons. The van der Waals surface area contributed by atoms with Crippen LogP contribution in [0.3, 0.4) is 0 Å². The molecule has 1 heteroatoms. The lowest BCUT2D eigenvalue weighted by Crippen LogP contribution is -2.22. The van der Waals surface area contributed by atoms with Gasteiger partial charge in [0.1, 0.15) is 0 Å². The van der Waals surface area contributed by atoms with E-state index in [9.17, 15) is 5.11 Å². The van der Waals surface area contributed by atoms with Gasteiger partial charge in [-0.25, -0.2) is 0 Å². The van der Waals surface area contributed by atoms with E-state index in [4.69, 9.17) is 0 Å². The summed E-state index contributed by atoms with van der Waals surface area (Å²) in [5.41, 5.74) is 0. The molecule has 0 spiro atoms. The number of hydrogen-bond donors (Lipinski definition) is 1. The van der Waals surface area contributed by atoms with Crippen molar-refractivity contribution in [3.63, 3.8) is 0 Å². The van der Waals surface area contributed by atoms with Gasteiger partial charge in [-0.1, -0.05) is 65.2 Å². The fraction of sp³-hybridized carbons (Fsp3) is 1.00. The summed E-state index contributed by atoms with van der Waals surface area (Å²) in [5.74, 6) is 1.37. The van der Waals surface area contributed by atoms with Gasteiger partial charge < -0.3 is 5.11 Å². The minimum atomic E-state index is -0.0105. The Hall–Kier alpha value is -0.0400. The predicted octanol–water partition coefficient (Wildman–Crippen LogP) is 4.53. The zero-order valence-electron chi connectivity index (χ0n) is 11.3. The van der Waals surface area contributed by atoms with Crippen LogP contribution in [0.15, 0.2) is 0 Å². The molecule has 3 unspecified atom stereocenters. The van der Waals surface area contributed by atoms with Crippen molar-refractivity contribution in [1.82, 2.24) is 0 Å². The van der Waals surface area contributed by atoms with Crippen LogP contribution in [0.2, 0.25) is 0 Å². The molecular formula is C15H30O. The molecule has 3 atom stereocenters. The number of hydrogen-bond acceptors (Lipinski definition) is 1. The highest BCUT2D eigenvalue weighted by Gasteiger charge is 2.28. The maximum absolute atomic E-state index is 10.1. The molecule has 1 rings (SSSR count). The molecule has 0 amide bonds. The van der Waals surface area contributed by atoms with Gasteiger partial charge >= 0.3 is 0 Å². The van der Waals surface area contributed by atoms with Crippen molar-refractivity contribution in [3.8, 4) is 0 Å². The molecule has 0 aromatic heterocycles. The van der Waals surface area contributed by atoms with Crippen LogP contribution in [0, 0.1) is 11.8 Å². The lowest BCUT2D eigenvalue weighted by Gasteiger charge is -2.22. The molecule has 0 bridgehead atoms. The van der Waals surface area contributed by atoms with E-state index in [0.29, 0.717) is 5.92 Å². The van der Waals surface area contributed by atoms with E-state index < -0.39 is 0 Å². The summed E-state index contributed by atoms with van der Waals surface area (Å²) < 4.78 is 0. The van der Waals surface area contributed by atoms with E-state index in [1.54, 1.807) is 0 Å². The van der Waals surface area contributed by atoms with Crippen LogP contribution in [0.4, 0.5) is 0 Å². The highest BCUT2D eigenvalue weighted by atomic mass is 16.3. The average molecular weight is 226 g/mol. The second-order valence-corrected chi connectivity index (χ2v) is 5.70. The van der Waals surface area contributed by atoms with E-state index >= 15 is 0 Å². The summed E-state index contributed by atoms with van der Waals surface area (Å²) in [5, 5.41) is 10.1. The first-order valence-electron chi connectivity index (χ1n) is 7.43. The predicted molar refractivity (Wildman–Crippen MR) is 70.5 cm³/mol. The lowest BCUT2D eigenvalue weighted by molar-refractivity contribution is 0.0793. The van der Waals surface area contributed by atoms with Crippen molar-refractivity contribution in [2.24, 2.45) is 11.8 Å². The van der Waals surface area contributed by atoms with Crippen LogP contribution in [0.25, 0.3) is 0 Å². The summed E-state index contributed by atoms with van der Waals surface area (Å²) >= 11 is 0. The summed E-state index contributed by atoms with van der Waals surface area (Å²) in [6.07, 6.45) is 12.9. The topological polar surface area (TPSA) is 20.2 Å². The Bertz CT molecular complexity index is 167. The van der Waals surface area contributed by atoms with Crippen LogP contribution >= 0.6 is 0 Å². The zero-order valence-corrected chi connectivity index (χ0v) is 11.3. The van der Waals surface area contributed by atoms with Gasteiger partial charge in [-0.15, -0.1) is 0 Å². The molecular weight excluding hydrogens is 196 g/mol. The van der Waals surface area contributed by atoms with Gasteiger partial charge in [0.15, 0.2) is 0 Å². The molecule has 1 aliphatic carbocycles. The van der Waals surface area contributed by atoms with Crippen molar-refractivity contribution in [1.29, 1.82) is 0 Å². The fourth-order valence-corrected chi connectivity index (χ4v) is 3.09. The Morgan fingerprint density at radius 3 is 2.38 bits per heavy atom. The molecule has 0 heterocycles. The third kappa shape index (κ3) is 4.86. The van der Waals surface area contributed by atoms with Gasteiger partial charge in [0.25, 0.3) is 0 Å². The number of rotatable bonds is 8. The second kappa shape index (κ2) is 8.11. The van der Waals surface area contributed by atoms with Crippen LogP contribution in [-0.4, -0.2) is 11.2 Å². The molecule has 0 aromatic carbocycles. The lowest BCUT2D eigenvalue weighted by atomic mass is 9.89. The average Bonchev–Trinajstić information content (AvgIpc) is 2.69. The van der Waals surface area contributed by atoms with Gasteiger partial charge in [-0.2, -0.15) is 0 Å². The third-order valence-corrected chi connectivity index (χ3v) is 4.28. The highest BCUT2D eigenvalue weighted by molar-refractivity contribution is 4.79. The third-order valence-electron chi connectivity index (χ3n) is 4.28. The monoisotopic (exact) mass is 226 g/mol. The van der Waals surface area contributed by atoms with Crippen LogP contribution in [-0.2, 0) is 0 Å². The largest absolute Gasteiger partial charge is 0.393 e. The van der Waals surface area contributed by atoms with Gasteiger partial charge in [0, 0.05) is 0 Å². The summed E-state index contributed by atoms with van der Waals surface area (Å²) in [6, 6.07) is 0. The fourth-order valence-electron chi connectivity index (χ4n) is 3.09. The van der Waals surface area contributed by atoms with E-state index in [1.165, 1.54) is 57.8 Å². The van der Waals surface area contributed by atoms with Crippen molar-refractivity contribution < 1.29 is 5.11 Å². The van der Waals surface area contributed by atoms with Gasteiger partial charge in [0.2, 0.25) is 0 Å². The highest BCUT2D eigenvalue weighted by Crippen LogP contribution is 2.35. The Morgan fingerprint density at radius 2 is 1.75 bits per heavy atom. The first-order chi connectivity index (χ1) is 7.75. The maximum atomic E-state index is 10.1. The molecule has 96 valence electrons. The van der Waals surface area contributed by atoms with Crippen molar-refractivity contribution in [3.05, 3.63) is 0 Å². The zero-order chi connectivity index (χ0) is 11.8. The van der Waals surface area contributed by atoms with E-state index in [0.717, 1.165) is 12.3 Å². The Kier molecular flexibility index (Phi) is 7.11. The minimum Gasteiger partial charge on any atom is -0.393 e. The van der Waals surface area contributed by atoms with Crippen LogP contribution in [0.1, 0.15) is 78.1 Å². The van der Waals surface area contributed by atoms with Gasteiger partial charge in [0.05, 0.1) is 6.10 Å². The van der Waals surface area contributed by atoms with E-state index in [1.807, 2.05) is 0 Å². The molecule has 16 heavy (non-hydrogen) atoms. The molecule has 1 saturated carbocycles. The van der Waals surface area contributed by atoms with Crippen LogP contribution < -0.4 is 0 Å². The van der Waals surface area contributed by atoms with E-state index in [2.05, 4.69) is 13.8 Å². The first-order valence-corrected chi connectivity index (χ1v) is 7.43. The number of unbranched alkanes of at least 4 members (excludes halogenated alkanes) is 5. The molecule has 1 aliphatic rings. The van der Waals surface area contributed by atoms with Crippen molar-refractivity contribution in [2.75, 3.05) is 0 Å². The van der Waals surface area contributed by atoms with Crippen molar-refractivity contribution in [2.45, 2.75) is 84.2 Å². The summed E-state index contributed by atoms with van der Waals surface area (Å²) in [4.78, 5) is 0. The molecule has 1 N–H and O–H groups in total. The molecule has 1 fully saturated rings. The van der Waals surface area contributed by atoms with Crippen molar-refractivity contribution >= 4 is 0 Å². The van der Waals surface area contributed by atoms with Crippen LogP contribution in [0.5, 0.6) is 0 Å². The SMILES string of the molecule is CCCCCCCCC(O)C1CCCC1C. The first kappa shape index (κ1) is 14.0. The number of aliphatic hydroxyl groups is 1. The molecule has 1 nitrogen and oxygen atoms in total. The summed E-state index contributed by atoms with van der Waals surface area (Å²) in [6.45, 7) is 4.56. The standard InChI is InChI=1S/C15H30O/c1-3-4-5-6-7-8-12-15(16)14-11-9-10-13(14)2/h13-16H,3-12H2,1-2H3. The Balaban J connectivity index is 1.99. The second-order valence-electron chi connectivity index (χ2n) is 5.70. The number of aliphatic hydroxyl groups excluding tert-OH is 1. The quantitative estimate of drug-likeness (QED) is 0.603. The minimum absolute atomic E-state index is 0.0105. The van der Waals surface area contributed by atoms with Gasteiger partial charge in [-0.3, -0.25) is 0 Å².